The zero-order chi connectivity index (χ0) is 11.9. The van der Waals surface area contributed by atoms with Crippen molar-refractivity contribution >= 4 is 11.8 Å². The fourth-order valence-electron chi connectivity index (χ4n) is 1.45. The predicted octanol–water partition coefficient (Wildman–Crippen LogP) is 2.77. The third kappa shape index (κ3) is 3.56. The molecule has 2 aromatic rings. The first-order valence-electron chi connectivity index (χ1n) is 5.80. The van der Waals surface area contributed by atoms with Crippen LogP contribution < -0.4 is 0 Å². The summed E-state index contributed by atoms with van der Waals surface area (Å²) in [6.07, 6.45) is 5.75. The maximum atomic E-state index is 4.29. The Balaban J connectivity index is 1.92. The van der Waals surface area contributed by atoms with E-state index in [4.69, 9.17) is 0 Å². The number of thioether (sulfide) groups is 1. The van der Waals surface area contributed by atoms with Crippen molar-refractivity contribution in [1.82, 2.24) is 19.7 Å². The summed E-state index contributed by atoms with van der Waals surface area (Å²) >= 11 is 1.68. The molecular formula is C12H16N4S. The third-order valence-electron chi connectivity index (χ3n) is 2.38. The van der Waals surface area contributed by atoms with Crippen LogP contribution in [0.5, 0.6) is 0 Å². The zero-order valence-corrected chi connectivity index (χ0v) is 10.7. The summed E-state index contributed by atoms with van der Waals surface area (Å²) in [7, 11) is 0. The molecule has 0 aliphatic rings. The summed E-state index contributed by atoms with van der Waals surface area (Å²) in [4.78, 5) is 8.56. The van der Waals surface area contributed by atoms with E-state index in [2.05, 4.69) is 22.0 Å². The minimum atomic E-state index is 0.839. The number of unbranched alkanes of at least 4 members (excludes halogenated alkanes) is 1. The first-order valence-corrected chi connectivity index (χ1v) is 6.79. The zero-order valence-electron chi connectivity index (χ0n) is 9.91. The Labute approximate surface area is 105 Å². The predicted molar refractivity (Wildman–Crippen MR) is 68.7 cm³/mol. The standard InChI is InChI=1S/C12H16N4S/c1-2-3-8-16-12(14-10-15-16)17-9-11-6-4-5-7-13-11/h4-7,10H,2-3,8-9H2,1H3. The van der Waals surface area contributed by atoms with Gasteiger partial charge in [-0.05, 0) is 18.6 Å². The van der Waals surface area contributed by atoms with Crippen LogP contribution in [0, 0.1) is 0 Å². The lowest BCUT2D eigenvalue weighted by Gasteiger charge is -2.04. The molecule has 17 heavy (non-hydrogen) atoms. The van der Waals surface area contributed by atoms with Crippen molar-refractivity contribution in [1.29, 1.82) is 0 Å². The van der Waals surface area contributed by atoms with Gasteiger partial charge in [0.15, 0.2) is 5.16 Å². The van der Waals surface area contributed by atoms with Gasteiger partial charge in [0.2, 0.25) is 0 Å². The Morgan fingerprint density at radius 1 is 1.29 bits per heavy atom. The molecule has 0 aliphatic carbocycles. The van der Waals surface area contributed by atoms with Gasteiger partial charge < -0.3 is 0 Å². The molecule has 0 amide bonds. The first-order chi connectivity index (χ1) is 8.40. The van der Waals surface area contributed by atoms with Gasteiger partial charge in [-0.25, -0.2) is 9.67 Å². The average molecular weight is 248 g/mol. The van der Waals surface area contributed by atoms with Gasteiger partial charge in [-0.1, -0.05) is 31.2 Å². The second-order valence-corrected chi connectivity index (χ2v) is 4.67. The van der Waals surface area contributed by atoms with E-state index in [-0.39, 0.29) is 0 Å². The van der Waals surface area contributed by atoms with E-state index in [0.29, 0.717) is 0 Å². The lowest BCUT2D eigenvalue weighted by Crippen LogP contribution is -2.02. The van der Waals surface area contributed by atoms with E-state index in [0.717, 1.165) is 29.6 Å². The Hall–Kier alpha value is -1.36. The molecule has 0 spiro atoms. The molecule has 4 nitrogen and oxygen atoms in total. The van der Waals surface area contributed by atoms with Gasteiger partial charge in [-0.15, -0.1) is 0 Å². The minimum Gasteiger partial charge on any atom is -0.260 e. The highest BCUT2D eigenvalue weighted by molar-refractivity contribution is 7.98. The number of aromatic nitrogens is 4. The molecule has 90 valence electrons. The normalized spacial score (nSPS) is 10.6. The Morgan fingerprint density at radius 2 is 2.24 bits per heavy atom. The SMILES string of the molecule is CCCCn1ncnc1SCc1ccccn1. The number of pyridine rings is 1. The highest BCUT2D eigenvalue weighted by Crippen LogP contribution is 2.19. The molecule has 0 fully saturated rings. The van der Waals surface area contributed by atoms with Gasteiger partial charge in [-0.2, -0.15) is 5.10 Å². The number of aryl methyl sites for hydroxylation is 1. The molecule has 0 saturated carbocycles. The molecule has 5 heteroatoms. The summed E-state index contributed by atoms with van der Waals surface area (Å²) in [6, 6.07) is 5.96. The summed E-state index contributed by atoms with van der Waals surface area (Å²) < 4.78 is 1.97. The van der Waals surface area contributed by atoms with E-state index in [1.54, 1.807) is 18.1 Å². The largest absolute Gasteiger partial charge is 0.260 e. The molecule has 0 aliphatic heterocycles. The van der Waals surface area contributed by atoms with Gasteiger partial charge in [-0.3, -0.25) is 4.98 Å². The average Bonchev–Trinajstić information content (AvgIpc) is 2.82. The van der Waals surface area contributed by atoms with E-state index >= 15 is 0 Å². The Morgan fingerprint density at radius 3 is 3.00 bits per heavy atom. The van der Waals surface area contributed by atoms with Gasteiger partial charge in [0.1, 0.15) is 6.33 Å². The topological polar surface area (TPSA) is 43.6 Å². The van der Waals surface area contributed by atoms with Crippen molar-refractivity contribution in [3.8, 4) is 0 Å². The smallest absolute Gasteiger partial charge is 0.186 e. The molecule has 0 saturated heterocycles. The highest BCUT2D eigenvalue weighted by atomic mass is 32.2. The summed E-state index contributed by atoms with van der Waals surface area (Å²) in [5.74, 6) is 0.839. The van der Waals surface area contributed by atoms with Crippen molar-refractivity contribution < 1.29 is 0 Å². The molecule has 0 atom stereocenters. The number of nitrogens with zero attached hydrogens (tertiary/aromatic N) is 4. The van der Waals surface area contributed by atoms with Crippen LogP contribution in [0.2, 0.25) is 0 Å². The monoisotopic (exact) mass is 248 g/mol. The van der Waals surface area contributed by atoms with Crippen molar-refractivity contribution in [3.63, 3.8) is 0 Å². The van der Waals surface area contributed by atoms with Crippen LogP contribution in [-0.4, -0.2) is 19.7 Å². The highest BCUT2D eigenvalue weighted by Gasteiger charge is 2.05. The van der Waals surface area contributed by atoms with Crippen molar-refractivity contribution in [2.75, 3.05) is 0 Å². The Kier molecular flexibility index (Phi) is 4.55. The van der Waals surface area contributed by atoms with Crippen molar-refractivity contribution in [3.05, 3.63) is 36.4 Å². The summed E-state index contributed by atoms with van der Waals surface area (Å²) in [5.41, 5.74) is 1.07. The van der Waals surface area contributed by atoms with Crippen LogP contribution in [0.25, 0.3) is 0 Å². The third-order valence-corrected chi connectivity index (χ3v) is 3.39. The van der Waals surface area contributed by atoms with Gasteiger partial charge in [0.05, 0.1) is 5.69 Å². The molecular weight excluding hydrogens is 232 g/mol. The second-order valence-electron chi connectivity index (χ2n) is 3.73. The summed E-state index contributed by atoms with van der Waals surface area (Å²) in [5, 5.41) is 5.21. The van der Waals surface area contributed by atoms with Crippen LogP contribution in [0.1, 0.15) is 25.5 Å². The van der Waals surface area contributed by atoms with E-state index < -0.39 is 0 Å². The van der Waals surface area contributed by atoms with Crippen LogP contribution in [0.4, 0.5) is 0 Å². The number of hydrogen-bond acceptors (Lipinski definition) is 4. The van der Waals surface area contributed by atoms with Crippen LogP contribution in [0.3, 0.4) is 0 Å². The van der Waals surface area contributed by atoms with Crippen molar-refractivity contribution in [2.45, 2.75) is 37.2 Å². The molecule has 2 rings (SSSR count). The number of hydrogen-bond donors (Lipinski definition) is 0. The van der Waals surface area contributed by atoms with Crippen LogP contribution >= 0.6 is 11.8 Å². The summed E-state index contributed by atoms with van der Waals surface area (Å²) in [6.45, 7) is 3.12. The van der Waals surface area contributed by atoms with E-state index in [1.165, 1.54) is 6.42 Å². The first kappa shape index (κ1) is 12.1. The quantitative estimate of drug-likeness (QED) is 0.737. The maximum Gasteiger partial charge on any atom is 0.186 e. The lowest BCUT2D eigenvalue weighted by atomic mass is 10.3. The fourth-order valence-corrected chi connectivity index (χ4v) is 2.31. The lowest BCUT2D eigenvalue weighted by molar-refractivity contribution is 0.527. The molecule has 0 N–H and O–H groups in total. The maximum absolute atomic E-state index is 4.29. The molecule has 2 aromatic heterocycles. The number of rotatable bonds is 6. The van der Waals surface area contributed by atoms with Gasteiger partial charge in [0.25, 0.3) is 0 Å². The fraction of sp³-hybridized carbons (Fsp3) is 0.417. The second kappa shape index (κ2) is 6.39. The minimum absolute atomic E-state index is 0.839. The van der Waals surface area contributed by atoms with E-state index in [9.17, 15) is 0 Å². The van der Waals surface area contributed by atoms with Gasteiger partial charge >= 0.3 is 0 Å². The van der Waals surface area contributed by atoms with Gasteiger partial charge in [0, 0.05) is 18.5 Å². The van der Waals surface area contributed by atoms with Crippen LogP contribution in [0.15, 0.2) is 35.9 Å². The van der Waals surface area contributed by atoms with E-state index in [1.807, 2.05) is 29.1 Å². The van der Waals surface area contributed by atoms with Crippen molar-refractivity contribution in [2.24, 2.45) is 0 Å². The molecule has 0 radical (unpaired) electrons. The molecule has 2 heterocycles. The van der Waals surface area contributed by atoms with Crippen LogP contribution in [-0.2, 0) is 12.3 Å². The molecule has 0 unspecified atom stereocenters. The molecule has 0 aromatic carbocycles. The molecule has 0 bridgehead atoms. The Bertz CT molecular complexity index is 441.